The summed E-state index contributed by atoms with van der Waals surface area (Å²) in [6, 6.07) is 5.79. The summed E-state index contributed by atoms with van der Waals surface area (Å²) in [5, 5.41) is 22.2. The number of rotatable bonds is 5. The average molecular weight is 339 g/mol. The first-order chi connectivity index (χ1) is 9.52. The highest BCUT2D eigenvalue weighted by molar-refractivity contribution is 9.10. The fourth-order valence-corrected chi connectivity index (χ4v) is 2.39. The van der Waals surface area contributed by atoms with Gasteiger partial charge >= 0.3 is 5.97 Å². The molecule has 2 N–H and O–H groups in total. The Morgan fingerprint density at radius 3 is 2.85 bits per heavy atom. The number of nitrogens with zero attached hydrogens (tertiary/aromatic N) is 2. The predicted molar refractivity (Wildman–Crippen MR) is 78.4 cm³/mol. The summed E-state index contributed by atoms with van der Waals surface area (Å²) < 4.78 is 2.41. The van der Waals surface area contributed by atoms with Gasteiger partial charge in [0.2, 0.25) is 0 Å². The number of aliphatic hydroxyl groups excluding tert-OH is 1. The van der Waals surface area contributed by atoms with E-state index < -0.39 is 5.97 Å². The van der Waals surface area contributed by atoms with Crippen LogP contribution in [0.2, 0.25) is 0 Å². The van der Waals surface area contributed by atoms with E-state index in [1.807, 2.05) is 25.1 Å². The second-order valence-corrected chi connectivity index (χ2v) is 5.39. The van der Waals surface area contributed by atoms with Crippen LogP contribution in [0.5, 0.6) is 0 Å². The third kappa shape index (κ3) is 3.08. The van der Waals surface area contributed by atoms with Gasteiger partial charge in [-0.05, 0) is 53.4 Å². The molecule has 0 aliphatic rings. The number of aromatic nitrogens is 2. The Labute approximate surface area is 125 Å². The van der Waals surface area contributed by atoms with E-state index in [0.717, 1.165) is 15.7 Å². The van der Waals surface area contributed by atoms with Gasteiger partial charge in [0, 0.05) is 22.8 Å². The lowest BCUT2D eigenvalue weighted by Gasteiger charge is -2.05. The smallest absolute Gasteiger partial charge is 0.356 e. The molecule has 0 spiro atoms. The lowest BCUT2D eigenvalue weighted by atomic mass is 10.1. The van der Waals surface area contributed by atoms with Crippen LogP contribution >= 0.6 is 15.9 Å². The molecule has 0 fully saturated rings. The third-order valence-electron chi connectivity index (χ3n) is 2.95. The molecule has 6 heteroatoms. The first kappa shape index (κ1) is 14.7. The van der Waals surface area contributed by atoms with Crippen LogP contribution in [0.1, 0.15) is 28.0 Å². The van der Waals surface area contributed by atoms with Crippen molar-refractivity contribution in [3.63, 3.8) is 0 Å². The predicted octanol–water partition coefficient (Wildman–Crippen LogP) is 2.57. The van der Waals surface area contributed by atoms with E-state index in [-0.39, 0.29) is 12.3 Å². The van der Waals surface area contributed by atoms with Crippen molar-refractivity contribution in [2.24, 2.45) is 0 Å². The third-order valence-corrected chi connectivity index (χ3v) is 3.62. The molecule has 5 nitrogen and oxygen atoms in total. The van der Waals surface area contributed by atoms with E-state index in [0.29, 0.717) is 18.4 Å². The molecule has 0 radical (unpaired) electrons. The van der Waals surface area contributed by atoms with Gasteiger partial charge in [-0.25, -0.2) is 9.48 Å². The van der Waals surface area contributed by atoms with Crippen molar-refractivity contribution in [3.05, 3.63) is 45.7 Å². The number of hydrogen-bond acceptors (Lipinski definition) is 3. The van der Waals surface area contributed by atoms with Crippen molar-refractivity contribution in [2.45, 2.75) is 19.8 Å². The molecule has 2 aromatic rings. The number of aromatic carboxylic acids is 1. The zero-order valence-electron chi connectivity index (χ0n) is 11.0. The molecule has 0 atom stereocenters. The molecule has 2 rings (SSSR count). The van der Waals surface area contributed by atoms with Crippen LogP contribution in [0, 0.1) is 6.92 Å². The summed E-state index contributed by atoms with van der Waals surface area (Å²) in [5.74, 6) is -1.06. The SMILES string of the molecule is Cc1ccc(Br)c(-n2cc(CCCO)c(C(=O)O)n2)c1. The summed E-state index contributed by atoms with van der Waals surface area (Å²) in [7, 11) is 0. The van der Waals surface area contributed by atoms with Gasteiger partial charge in [-0.2, -0.15) is 5.10 Å². The van der Waals surface area contributed by atoms with E-state index >= 15 is 0 Å². The second-order valence-electron chi connectivity index (χ2n) is 4.53. The molecule has 1 aromatic carbocycles. The van der Waals surface area contributed by atoms with Crippen LogP contribution in [-0.4, -0.2) is 32.6 Å². The molecule has 1 heterocycles. The average Bonchev–Trinajstić information content (AvgIpc) is 2.83. The Morgan fingerprint density at radius 2 is 2.20 bits per heavy atom. The molecule has 1 aromatic heterocycles. The molecule has 0 aliphatic carbocycles. The molecule has 0 saturated heterocycles. The van der Waals surface area contributed by atoms with Crippen molar-refractivity contribution >= 4 is 21.9 Å². The minimum Gasteiger partial charge on any atom is -0.476 e. The first-order valence-corrected chi connectivity index (χ1v) is 7.01. The molecular formula is C14H15BrN2O3. The molecule has 0 amide bonds. The van der Waals surface area contributed by atoms with Crippen LogP contribution in [0.4, 0.5) is 0 Å². The molecule has 0 aliphatic heterocycles. The normalized spacial score (nSPS) is 10.8. The Hall–Kier alpha value is -1.66. The molecule has 106 valence electrons. The van der Waals surface area contributed by atoms with Crippen LogP contribution in [0.15, 0.2) is 28.9 Å². The molecule has 20 heavy (non-hydrogen) atoms. The molecule has 0 saturated carbocycles. The molecule has 0 unspecified atom stereocenters. The second kappa shape index (κ2) is 6.19. The fourth-order valence-electron chi connectivity index (χ4n) is 1.96. The van der Waals surface area contributed by atoms with E-state index in [9.17, 15) is 9.90 Å². The largest absolute Gasteiger partial charge is 0.476 e. The van der Waals surface area contributed by atoms with E-state index in [1.165, 1.54) is 0 Å². The Morgan fingerprint density at radius 1 is 1.45 bits per heavy atom. The minimum absolute atomic E-state index is 0.0262. The highest BCUT2D eigenvalue weighted by atomic mass is 79.9. The number of aryl methyl sites for hydroxylation is 2. The van der Waals surface area contributed by atoms with Crippen molar-refractivity contribution < 1.29 is 15.0 Å². The number of benzene rings is 1. The van der Waals surface area contributed by atoms with Gasteiger partial charge in [0.15, 0.2) is 5.69 Å². The monoisotopic (exact) mass is 338 g/mol. The van der Waals surface area contributed by atoms with Gasteiger partial charge in [0.05, 0.1) is 5.69 Å². The van der Waals surface area contributed by atoms with Gasteiger partial charge in [0.25, 0.3) is 0 Å². The number of aliphatic hydroxyl groups is 1. The fraction of sp³-hybridized carbons (Fsp3) is 0.286. The van der Waals surface area contributed by atoms with Gasteiger partial charge in [0.1, 0.15) is 0 Å². The van der Waals surface area contributed by atoms with Crippen molar-refractivity contribution in [3.8, 4) is 5.69 Å². The highest BCUT2D eigenvalue weighted by Gasteiger charge is 2.17. The van der Waals surface area contributed by atoms with Gasteiger partial charge in [-0.1, -0.05) is 6.07 Å². The van der Waals surface area contributed by atoms with Crippen LogP contribution in [0.3, 0.4) is 0 Å². The maximum absolute atomic E-state index is 11.2. The number of carbonyl (C=O) groups is 1. The summed E-state index contributed by atoms with van der Waals surface area (Å²) in [4.78, 5) is 11.2. The molecule has 0 bridgehead atoms. The quantitative estimate of drug-likeness (QED) is 0.878. The van der Waals surface area contributed by atoms with Crippen LogP contribution in [-0.2, 0) is 6.42 Å². The number of halogens is 1. The zero-order chi connectivity index (χ0) is 14.7. The van der Waals surface area contributed by atoms with Crippen LogP contribution in [0.25, 0.3) is 5.69 Å². The Bertz CT molecular complexity index is 637. The summed E-state index contributed by atoms with van der Waals surface area (Å²) in [6.45, 7) is 1.99. The number of carboxylic acids is 1. The lowest BCUT2D eigenvalue weighted by molar-refractivity contribution is 0.0688. The van der Waals surface area contributed by atoms with Crippen molar-refractivity contribution in [1.29, 1.82) is 0 Å². The summed E-state index contributed by atoms with van der Waals surface area (Å²) >= 11 is 3.44. The van der Waals surface area contributed by atoms with Gasteiger partial charge in [-0.15, -0.1) is 0 Å². The standard InChI is InChI=1S/C14H15BrN2O3/c1-9-4-5-11(15)12(7-9)17-8-10(3-2-6-18)13(16-17)14(19)20/h4-5,7-8,18H,2-3,6H2,1H3,(H,19,20). The summed E-state index contributed by atoms with van der Waals surface area (Å²) in [6.07, 6.45) is 2.71. The zero-order valence-corrected chi connectivity index (χ0v) is 12.6. The maximum Gasteiger partial charge on any atom is 0.356 e. The summed E-state index contributed by atoms with van der Waals surface area (Å²) in [5.41, 5.74) is 2.52. The van der Waals surface area contributed by atoms with E-state index in [1.54, 1.807) is 10.9 Å². The van der Waals surface area contributed by atoms with Crippen molar-refractivity contribution in [2.75, 3.05) is 6.61 Å². The van der Waals surface area contributed by atoms with Gasteiger partial charge in [-0.3, -0.25) is 0 Å². The topological polar surface area (TPSA) is 75.4 Å². The Kier molecular flexibility index (Phi) is 4.57. The number of hydrogen-bond donors (Lipinski definition) is 2. The van der Waals surface area contributed by atoms with Crippen molar-refractivity contribution in [1.82, 2.24) is 9.78 Å². The van der Waals surface area contributed by atoms with Crippen LogP contribution < -0.4 is 0 Å². The lowest BCUT2D eigenvalue weighted by Crippen LogP contribution is -2.03. The Balaban J connectivity index is 2.47. The highest BCUT2D eigenvalue weighted by Crippen LogP contribution is 2.23. The minimum atomic E-state index is -1.06. The number of carboxylic acid groups (broad SMARTS) is 1. The first-order valence-electron chi connectivity index (χ1n) is 6.22. The van der Waals surface area contributed by atoms with E-state index in [4.69, 9.17) is 5.11 Å². The molecular weight excluding hydrogens is 324 g/mol. The van der Waals surface area contributed by atoms with E-state index in [2.05, 4.69) is 21.0 Å². The maximum atomic E-state index is 11.2. The van der Waals surface area contributed by atoms with Gasteiger partial charge < -0.3 is 10.2 Å².